The van der Waals surface area contributed by atoms with Gasteiger partial charge in [0.2, 0.25) is 17.7 Å². The maximum absolute atomic E-state index is 12.3. The third-order valence-corrected chi connectivity index (χ3v) is 3.33. The Kier molecular flexibility index (Phi) is 3.64. The fourth-order valence-electron chi connectivity index (χ4n) is 2.39. The highest BCUT2D eigenvalue weighted by atomic mass is 16.4. The van der Waals surface area contributed by atoms with Gasteiger partial charge >= 0.3 is 5.97 Å². The number of rotatable bonds is 2. The number of piperazine rings is 1. The second-order valence-corrected chi connectivity index (χ2v) is 4.66. The van der Waals surface area contributed by atoms with Crippen molar-refractivity contribution >= 4 is 23.7 Å². The van der Waals surface area contributed by atoms with Crippen molar-refractivity contribution in [2.24, 2.45) is 11.8 Å². The Morgan fingerprint density at radius 3 is 2.16 bits per heavy atom. The SMILES string of the molecule is O=C1CN(C(=O)[C@@H]2CC=CC[C@@H]2C(=O)O)CC(=O)N1. The molecular weight excluding hydrogens is 252 g/mol. The monoisotopic (exact) mass is 266 g/mol. The molecule has 0 aromatic rings. The largest absolute Gasteiger partial charge is 0.481 e. The summed E-state index contributed by atoms with van der Waals surface area (Å²) in [5.41, 5.74) is 0. The van der Waals surface area contributed by atoms with Gasteiger partial charge in [0.25, 0.3) is 0 Å². The first-order chi connectivity index (χ1) is 8.99. The first-order valence-corrected chi connectivity index (χ1v) is 5.98. The minimum absolute atomic E-state index is 0.197. The van der Waals surface area contributed by atoms with Gasteiger partial charge in [-0.05, 0) is 12.8 Å². The van der Waals surface area contributed by atoms with Crippen molar-refractivity contribution in [3.05, 3.63) is 12.2 Å². The molecule has 2 rings (SSSR count). The van der Waals surface area contributed by atoms with E-state index in [4.69, 9.17) is 5.11 Å². The normalized spacial score (nSPS) is 27.1. The summed E-state index contributed by atoms with van der Waals surface area (Å²) in [7, 11) is 0. The molecule has 0 aromatic heterocycles. The van der Waals surface area contributed by atoms with Crippen LogP contribution in [0.2, 0.25) is 0 Å². The molecule has 2 aliphatic rings. The minimum Gasteiger partial charge on any atom is -0.481 e. The number of carboxylic acid groups (broad SMARTS) is 1. The summed E-state index contributed by atoms with van der Waals surface area (Å²) in [6.45, 7) is -0.395. The number of amides is 3. The van der Waals surface area contributed by atoms with E-state index in [1.807, 2.05) is 0 Å². The molecule has 2 N–H and O–H groups in total. The number of allylic oxidation sites excluding steroid dienone is 2. The van der Waals surface area contributed by atoms with Crippen LogP contribution in [0.4, 0.5) is 0 Å². The fraction of sp³-hybridized carbons (Fsp3) is 0.500. The summed E-state index contributed by atoms with van der Waals surface area (Å²) in [4.78, 5) is 47.0. The minimum atomic E-state index is -1.03. The van der Waals surface area contributed by atoms with Crippen LogP contribution in [-0.4, -0.2) is 46.8 Å². The summed E-state index contributed by atoms with van der Waals surface area (Å²) in [6.07, 6.45) is 4.10. The fourth-order valence-corrected chi connectivity index (χ4v) is 2.39. The van der Waals surface area contributed by atoms with Crippen LogP contribution in [-0.2, 0) is 19.2 Å². The predicted octanol–water partition coefficient (Wildman–Crippen LogP) is -0.862. The van der Waals surface area contributed by atoms with Crippen molar-refractivity contribution in [1.29, 1.82) is 0 Å². The molecule has 2 atom stereocenters. The Morgan fingerprint density at radius 1 is 1.11 bits per heavy atom. The number of hydrogen-bond acceptors (Lipinski definition) is 4. The Bertz CT molecular complexity index is 455. The first-order valence-electron chi connectivity index (χ1n) is 5.98. The van der Waals surface area contributed by atoms with Gasteiger partial charge in [0, 0.05) is 0 Å². The highest BCUT2D eigenvalue weighted by molar-refractivity contribution is 6.03. The summed E-state index contributed by atoms with van der Waals surface area (Å²) in [5.74, 6) is -4.06. The Labute approximate surface area is 109 Å². The number of nitrogens with one attached hydrogen (secondary N) is 1. The number of carboxylic acids is 1. The van der Waals surface area contributed by atoms with Crippen LogP contribution in [0.15, 0.2) is 12.2 Å². The second kappa shape index (κ2) is 5.21. The van der Waals surface area contributed by atoms with Gasteiger partial charge in [-0.25, -0.2) is 0 Å². The molecule has 1 saturated heterocycles. The van der Waals surface area contributed by atoms with E-state index >= 15 is 0 Å². The molecule has 0 aromatic carbocycles. The van der Waals surface area contributed by atoms with E-state index in [9.17, 15) is 19.2 Å². The molecule has 19 heavy (non-hydrogen) atoms. The molecule has 3 amide bonds. The van der Waals surface area contributed by atoms with Gasteiger partial charge in [-0.1, -0.05) is 12.2 Å². The summed E-state index contributed by atoms with van der Waals surface area (Å²) < 4.78 is 0. The number of carbonyl (C=O) groups is 4. The van der Waals surface area contributed by atoms with Crippen LogP contribution in [0.1, 0.15) is 12.8 Å². The van der Waals surface area contributed by atoms with Gasteiger partial charge in [-0.3, -0.25) is 24.5 Å². The zero-order valence-corrected chi connectivity index (χ0v) is 10.2. The van der Waals surface area contributed by atoms with Crippen molar-refractivity contribution in [3.8, 4) is 0 Å². The maximum Gasteiger partial charge on any atom is 0.307 e. The van der Waals surface area contributed by atoms with Gasteiger partial charge in [0.05, 0.1) is 11.8 Å². The maximum atomic E-state index is 12.3. The molecule has 1 aliphatic carbocycles. The molecule has 102 valence electrons. The molecule has 7 heteroatoms. The first kappa shape index (κ1) is 13.3. The lowest BCUT2D eigenvalue weighted by atomic mass is 9.82. The number of imide groups is 1. The van der Waals surface area contributed by atoms with E-state index < -0.39 is 35.5 Å². The summed E-state index contributed by atoms with van der Waals surface area (Å²) >= 11 is 0. The van der Waals surface area contributed by atoms with Gasteiger partial charge in [-0.15, -0.1) is 0 Å². The Morgan fingerprint density at radius 2 is 1.63 bits per heavy atom. The van der Waals surface area contributed by atoms with Gasteiger partial charge in [-0.2, -0.15) is 0 Å². The van der Waals surface area contributed by atoms with Crippen molar-refractivity contribution in [2.45, 2.75) is 12.8 Å². The van der Waals surface area contributed by atoms with Gasteiger partial charge in [0.15, 0.2) is 0 Å². The van der Waals surface area contributed by atoms with Crippen molar-refractivity contribution in [3.63, 3.8) is 0 Å². The number of aliphatic carboxylic acids is 1. The average Bonchev–Trinajstić information content (AvgIpc) is 2.36. The Balaban J connectivity index is 2.13. The van der Waals surface area contributed by atoms with Crippen LogP contribution < -0.4 is 5.32 Å². The quantitative estimate of drug-likeness (QED) is 0.500. The molecule has 0 unspecified atom stereocenters. The third-order valence-electron chi connectivity index (χ3n) is 3.33. The highest BCUT2D eigenvalue weighted by Gasteiger charge is 2.38. The molecule has 0 radical (unpaired) electrons. The van der Waals surface area contributed by atoms with E-state index in [0.717, 1.165) is 4.90 Å². The zero-order valence-electron chi connectivity index (χ0n) is 10.2. The van der Waals surface area contributed by atoms with E-state index in [1.165, 1.54) is 0 Å². The molecular formula is C12H14N2O5. The number of nitrogens with zero attached hydrogens (tertiary/aromatic N) is 1. The molecule has 1 heterocycles. The lowest BCUT2D eigenvalue weighted by Gasteiger charge is -2.32. The molecule has 0 saturated carbocycles. The van der Waals surface area contributed by atoms with Crippen LogP contribution >= 0.6 is 0 Å². The standard InChI is InChI=1S/C12H14N2O5/c15-9-5-14(6-10(16)13-9)11(17)7-3-1-2-4-8(7)12(18)19/h1-2,7-8H,3-6H2,(H,18,19)(H,13,15,16)/t7-,8+/m1/s1. The lowest BCUT2D eigenvalue weighted by molar-refractivity contribution is -0.153. The van der Waals surface area contributed by atoms with Crippen molar-refractivity contribution < 1.29 is 24.3 Å². The molecule has 1 aliphatic heterocycles. The zero-order chi connectivity index (χ0) is 14.0. The van der Waals surface area contributed by atoms with Crippen molar-refractivity contribution in [2.75, 3.05) is 13.1 Å². The second-order valence-electron chi connectivity index (χ2n) is 4.66. The van der Waals surface area contributed by atoms with E-state index in [1.54, 1.807) is 12.2 Å². The lowest BCUT2D eigenvalue weighted by Crippen LogP contribution is -2.55. The summed E-state index contributed by atoms with van der Waals surface area (Å²) in [5, 5.41) is 11.2. The molecule has 1 fully saturated rings. The van der Waals surface area contributed by atoms with Crippen LogP contribution in [0, 0.1) is 11.8 Å². The molecule has 7 nitrogen and oxygen atoms in total. The van der Waals surface area contributed by atoms with Gasteiger partial charge in [0.1, 0.15) is 13.1 Å². The third kappa shape index (κ3) is 2.81. The highest BCUT2D eigenvalue weighted by Crippen LogP contribution is 2.27. The summed E-state index contributed by atoms with van der Waals surface area (Å²) in [6, 6.07) is 0. The topological polar surface area (TPSA) is 104 Å². The van der Waals surface area contributed by atoms with Crippen LogP contribution in [0.3, 0.4) is 0 Å². The van der Waals surface area contributed by atoms with Crippen molar-refractivity contribution in [1.82, 2.24) is 10.2 Å². The number of hydrogen-bond donors (Lipinski definition) is 2. The average molecular weight is 266 g/mol. The van der Waals surface area contributed by atoms with E-state index in [0.29, 0.717) is 12.8 Å². The predicted molar refractivity (Wildman–Crippen MR) is 62.7 cm³/mol. The van der Waals surface area contributed by atoms with Gasteiger partial charge < -0.3 is 10.0 Å². The van der Waals surface area contributed by atoms with E-state index in [-0.39, 0.29) is 13.1 Å². The molecule has 0 bridgehead atoms. The van der Waals surface area contributed by atoms with Crippen LogP contribution in [0.25, 0.3) is 0 Å². The smallest absolute Gasteiger partial charge is 0.307 e. The van der Waals surface area contributed by atoms with E-state index in [2.05, 4.69) is 5.32 Å². The van der Waals surface area contributed by atoms with Crippen LogP contribution in [0.5, 0.6) is 0 Å². The molecule has 0 spiro atoms. The Hall–Kier alpha value is -2.18. The number of carbonyl (C=O) groups excluding carboxylic acids is 3.